The summed E-state index contributed by atoms with van der Waals surface area (Å²) in [6.45, 7) is 2.04. The zero-order valence-electron chi connectivity index (χ0n) is 15.8. The van der Waals surface area contributed by atoms with Gasteiger partial charge in [-0.15, -0.1) is 0 Å². The molecule has 0 spiro atoms. The summed E-state index contributed by atoms with van der Waals surface area (Å²) in [4.78, 5) is 19.2. The number of aromatic nitrogens is 5. The highest BCUT2D eigenvalue weighted by molar-refractivity contribution is 5.75. The van der Waals surface area contributed by atoms with Gasteiger partial charge in [0.1, 0.15) is 5.56 Å². The van der Waals surface area contributed by atoms with E-state index >= 15 is 0 Å². The SMILES string of the molecule is Cc1ccc(-c2ccnc3c(-c4nc(-c5ccc([N+](=O)[O-])cc5)no4)cnn23)cc1. The van der Waals surface area contributed by atoms with Crippen LogP contribution in [0.2, 0.25) is 0 Å². The van der Waals surface area contributed by atoms with Crippen molar-refractivity contribution in [3.8, 4) is 34.1 Å². The fourth-order valence-corrected chi connectivity index (χ4v) is 3.17. The molecule has 2 aromatic carbocycles. The summed E-state index contributed by atoms with van der Waals surface area (Å²) in [7, 11) is 0. The van der Waals surface area contributed by atoms with Crippen LogP contribution in [0.1, 0.15) is 5.56 Å². The minimum absolute atomic E-state index is 0.00191. The van der Waals surface area contributed by atoms with E-state index in [0.29, 0.717) is 22.6 Å². The molecule has 3 heterocycles. The van der Waals surface area contributed by atoms with Crippen LogP contribution in [0.15, 0.2) is 71.5 Å². The molecule has 0 amide bonds. The van der Waals surface area contributed by atoms with Gasteiger partial charge in [0.25, 0.3) is 11.6 Å². The summed E-state index contributed by atoms with van der Waals surface area (Å²) in [6.07, 6.45) is 3.34. The molecule has 0 aliphatic carbocycles. The molecule has 9 heteroatoms. The normalized spacial score (nSPS) is 11.1. The van der Waals surface area contributed by atoms with Gasteiger partial charge in [-0.2, -0.15) is 10.1 Å². The Balaban J connectivity index is 1.54. The number of nitro groups is 1. The molecular formula is C21H14N6O3. The fourth-order valence-electron chi connectivity index (χ4n) is 3.17. The Morgan fingerprint density at radius 3 is 2.47 bits per heavy atom. The van der Waals surface area contributed by atoms with Gasteiger partial charge < -0.3 is 4.52 Å². The Morgan fingerprint density at radius 1 is 1.00 bits per heavy atom. The van der Waals surface area contributed by atoms with Crippen molar-refractivity contribution < 1.29 is 9.45 Å². The van der Waals surface area contributed by atoms with Crippen LogP contribution in [0.25, 0.3) is 39.7 Å². The quantitative estimate of drug-likeness (QED) is 0.327. The lowest BCUT2D eigenvalue weighted by molar-refractivity contribution is -0.384. The molecule has 0 N–H and O–H groups in total. The highest BCUT2D eigenvalue weighted by Gasteiger charge is 2.18. The van der Waals surface area contributed by atoms with Crippen LogP contribution in [0.3, 0.4) is 0 Å². The maximum atomic E-state index is 10.8. The molecule has 0 saturated heterocycles. The third-order valence-electron chi connectivity index (χ3n) is 4.74. The molecule has 30 heavy (non-hydrogen) atoms. The van der Waals surface area contributed by atoms with Crippen molar-refractivity contribution in [3.05, 3.63) is 82.7 Å². The lowest BCUT2D eigenvalue weighted by Gasteiger charge is -2.05. The van der Waals surface area contributed by atoms with Gasteiger partial charge in [-0.3, -0.25) is 10.1 Å². The number of hydrogen-bond donors (Lipinski definition) is 0. The number of aryl methyl sites for hydroxylation is 1. The lowest BCUT2D eigenvalue weighted by Crippen LogP contribution is -1.95. The van der Waals surface area contributed by atoms with Gasteiger partial charge in [0.2, 0.25) is 5.82 Å². The Hall–Kier alpha value is -4.40. The average Bonchev–Trinajstić information content (AvgIpc) is 3.41. The van der Waals surface area contributed by atoms with Crippen LogP contribution in [-0.4, -0.2) is 29.7 Å². The second-order valence-electron chi connectivity index (χ2n) is 6.72. The average molecular weight is 398 g/mol. The minimum Gasteiger partial charge on any atom is -0.333 e. The summed E-state index contributed by atoms with van der Waals surface area (Å²) in [6, 6.07) is 16.0. The molecule has 146 valence electrons. The Bertz CT molecular complexity index is 1370. The van der Waals surface area contributed by atoms with Gasteiger partial charge in [-0.05, 0) is 25.1 Å². The van der Waals surface area contributed by atoms with Gasteiger partial charge in [-0.25, -0.2) is 9.50 Å². The highest BCUT2D eigenvalue weighted by Crippen LogP contribution is 2.28. The van der Waals surface area contributed by atoms with E-state index in [1.807, 2.05) is 37.3 Å². The van der Waals surface area contributed by atoms with Crippen molar-refractivity contribution in [2.75, 3.05) is 0 Å². The van der Waals surface area contributed by atoms with Gasteiger partial charge in [0, 0.05) is 29.5 Å². The van der Waals surface area contributed by atoms with Crippen molar-refractivity contribution in [2.45, 2.75) is 6.92 Å². The van der Waals surface area contributed by atoms with Crippen molar-refractivity contribution in [1.82, 2.24) is 24.7 Å². The first kappa shape index (κ1) is 17.7. The van der Waals surface area contributed by atoms with E-state index in [4.69, 9.17) is 4.52 Å². The van der Waals surface area contributed by atoms with E-state index in [0.717, 1.165) is 11.3 Å². The smallest absolute Gasteiger partial charge is 0.269 e. The first-order chi connectivity index (χ1) is 14.6. The number of non-ortho nitro benzene ring substituents is 1. The Kier molecular flexibility index (Phi) is 4.06. The Labute approximate surface area is 169 Å². The summed E-state index contributed by atoms with van der Waals surface area (Å²) < 4.78 is 7.15. The minimum atomic E-state index is -0.457. The third-order valence-corrected chi connectivity index (χ3v) is 4.74. The van der Waals surface area contributed by atoms with Gasteiger partial charge in [0.05, 0.1) is 16.8 Å². The zero-order chi connectivity index (χ0) is 20.7. The van der Waals surface area contributed by atoms with E-state index in [2.05, 4.69) is 20.2 Å². The lowest BCUT2D eigenvalue weighted by atomic mass is 10.1. The van der Waals surface area contributed by atoms with E-state index in [1.54, 1.807) is 29.0 Å². The third kappa shape index (κ3) is 2.98. The molecule has 0 atom stereocenters. The predicted octanol–water partition coefficient (Wildman–Crippen LogP) is 4.33. The molecule has 0 unspecified atom stereocenters. The molecule has 0 aliphatic heterocycles. The van der Waals surface area contributed by atoms with Crippen molar-refractivity contribution >= 4 is 11.3 Å². The summed E-state index contributed by atoms with van der Waals surface area (Å²) in [5.74, 6) is 0.598. The summed E-state index contributed by atoms with van der Waals surface area (Å²) >= 11 is 0. The molecule has 0 aliphatic rings. The van der Waals surface area contributed by atoms with Crippen LogP contribution in [0.5, 0.6) is 0 Å². The molecule has 3 aromatic heterocycles. The van der Waals surface area contributed by atoms with E-state index < -0.39 is 4.92 Å². The van der Waals surface area contributed by atoms with Gasteiger partial charge in [-0.1, -0.05) is 35.0 Å². The number of benzene rings is 2. The van der Waals surface area contributed by atoms with Crippen LogP contribution < -0.4 is 0 Å². The van der Waals surface area contributed by atoms with Gasteiger partial charge >= 0.3 is 0 Å². The topological polar surface area (TPSA) is 112 Å². The molecule has 9 nitrogen and oxygen atoms in total. The second-order valence-corrected chi connectivity index (χ2v) is 6.72. The molecule has 0 radical (unpaired) electrons. The molecule has 0 saturated carbocycles. The van der Waals surface area contributed by atoms with Crippen molar-refractivity contribution in [1.29, 1.82) is 0 Å². The largest absolute Gasteiger partial charge is 0.333 e. The molecule has 0 fully saturated rings. The maximum absolute atomic E-state index is 10.8. The number of rotatable bonds is 4. The molecule has 5 aromatic rings. The van der Waals surface area contributed by atoms with Crippen molar-refractivity contribution in [2.24, 2.45) is 0 Å². The standard InChI is InChI=1S/C21H14N6O3/c1-13-2-4-14(5-3-13)18-10-11-22-20-17(12-23-26(18)20)21-24-19(25-30-21)15-6-8-16(9-7-15)27(28)29/h2-12H,1H3. The van der Waals surface area contributed by atoms with Crippen molar-refractivity contribution in [3.63, 3.8) is 0 Å². The molecule has 5 rings (SSSR count). The zero-order valence-corrected chi connectivity index (χ0v) is 15.8. The summed E-state index contributed by atoms with van der Waals surface area (Å²) in [5, 5.41) is 19.3. The number of fused-ring (bicyclic) bond motifs is 1. The number of nitrogens with zero attached hydrogens (tertiary/aromatic N) is 6. The fraction of sp³-hybridized carbons (Fsp3) is 0.0476. The second kappa shape index (κ2) is 6.89. The van der Waals surface area contributed by atoms with Gasteiger partial charge in [0.15, 0.2) is 5.65 Å². The van der Waals surface area contributed by atoms with E-state index in [-0.39, 0.29) is 11.6 Å². The molecular weight excluding hydrogens is 384 g/mol. The number of hydrogen-bond acceptors (Lipinski definition) is 7. The summed E-state index contributed by atoms with van der Waals surface area (Å²) in [5.41, 5.74) is 4.88. The first-order valence-electron chi connectivity index (χ1n) is 9.09. The first-order valence-corrected chi connectivity index (χ1v) is 9.09. The number of nitro benzene ring substituents is 1. The van der Waals surface area contributed by atoms with Crippen LogP contribution in [-0.2, 0) is 0 Å². The van der Waals surface area contributed by atoms with E-state index in [9.17, 15) is 10.1 Å². The van der Waals surface area contributed by atoms with Crippen LogP contribution >= 0.6 is 0 Å². The highest BCUT2D eigenvalue weighted by atomic mass is 16.6. The Morgan fingerprint density at radius 2 is 1.73 bits per heavy atom. The maximum Gasteiger partial charge on any atom is 0.269 e. The molecule has 0 bridgehead atoms. The van der Waals surface area contributed by atoms with Crippen LogP contribution in [0, 0.1) is 17.0 Å². The predicted molar refractivity (Wildman–Crippen MR) is 109 cm³/mol. The van der Waals surface area contributed by atoms with Crippen LogP contribution in [0.4, 0.5) is 5.69 Å². The van der Waals surface area contributed by atoms with E-state index in [1.165, 1.54) is 17.7 Å². The monoisotopic (exact) mass is 398 g/mol.